The zero-order chi connectivity index (χ0) is 20.1. The third kappa shape index (κ3) is 2.99. The lowest BCUT2D eigenvalue weighted by Gasteiger charge is -2.48. The maximum Gasteiger partial charge on any atom is 0.216 e. The summed E-state index contributed by atoms with van der Waals surface area (Å²) >= 11 is 0. The molecule has 4 atom stereocenters. The summed E-state index contributed by atoms with van der Waals surface area (Å²) in [5.41, 5.74) is -3.31. The van der Waals surface area contributed by atoms with Gasteiger partial charge in [0.15, 0.2) is 10.8 Å². The third-order valence-corrected chi connectivity index (χ3v) is 6.48. The minimum Gasteiger partial charge on any atom is -0.447 e. The Hall–Kier alpha value is -2.10. The van der Waals surface area contributed by atoms with Crippen molar-refractivity contribution in [2.24, 2.45) is 16.7 Å². The molecule has 2 bridgehead atoms. The summed E-state index contributed by atoms with van der Waals surface area (Å²) in [6.07, 6.45) is 8.06. The first-order valence-corrected chi connectivity index (χ1v) is 10.1. The number of ether oxygens (including phenoxy) is 2. The molecule has 2 fully saturated rings. The highest BCUT2D eigenvalue weighted by Crippen LogP contribution is 2.63. The van der Waals surface area contributed by atoms with Crippen LogP contribution in [0.1, 0.15) is 78.6 Å². The van der Waals surface area contributed by atoms with E-state index in [0.29, 0.717) is 12.8 Å². The molecule has 0 aromatic rings. The van der Waals surface area contributed by atoms with E-state index in [4.69, 9.17) is 14.9 Å². The van der Waals surface area contributed by atoms with Crippen molar-refractivity contribution in [2.45, 2.75) is 90.4 Å². The van der Waals surface area contributed by atoms with Crippen LogP contribution in [0.5, 0.6) is 0 Å². The lowest BCUT2D eigenvalue weighted by atomic mass is 9.54. The van der Waals surface area contributed by atoms with Gasteiger partial charge in [-0.05, 0) is 6.42 Å². The van der Waals surface area contributed by atoms with Crippen molar-refractivity contribution in [3.05, 3.63) is 0 Å². The molecule has 0 aromatic carbocycles. The van der Waals surface area contributed by atoms with Gasteiger partial charge in [0.2, 0.25) is 11.7 Å². The highest BCUT2D eigenvalue weighted by Gasteiger charge is 2.78. The van der Waals surface area contributed by atoms with Gasteiger partial charge in [-0.25, -0.2) is 0 Å². The fraction of sp³-hybridized carbons (Fsp3) is 0.810. The van der Waals surface area contributed by atoms with E-state index in [0.717, 1.165) is 19.3 Å². The van der Waals surface area contributed by atoms with Crippen molar-refractivity contribution < 1.29 is 9.47 Å². The van der Waals surface area contributed by atoms with E-state index in [9.17, 15) is 15.8 Å². The molecule has 2 aliphatic heterocycles. The molecule has 0 saturated carbocycles. The predicted molar refractivity (Wildman–Crippen MR) is 100 cm³/mol. The lowest BCUT2D eigenvalue weighted by molar-refractivity contribution is -0.278. The first-order chi connectivity index (χ1) is 12.9. The van der Waals surface area contributed by atoms with E-state index in [1.54, 1.807) is 6.92 Å². The van der Waals surface area contributed by atoms with E-state index in [2.05, 4.69) is 25.1 Å². The van der Waals surface area contributed by atoms with Gasteiger partial charge in [-0.15, -0.1) is 0 Å². The van der Waals surface area contributed by atoms with Crippen LogP contribution in [0.3, 0.4) is 0 Å². The molecule has 6 heteroatoms. The van der Waals surface area contributed by atoms with Crippen molar-refractivity contribution in [3.8, 4) is 18.2 Å². The SMILES string of the molecule is CCCCCCCCCC1OC2(CC)OC(=N)C(C#N)(C2C)C1(C#N)C#N. The Labute approximate surface area is 162 Å². The van der Waals surface area contributed by atoms with Gasteiger partial charge in [0.25, 0.3) is 0 Å². The number of hydrogen-bond donors (Lipinski definition) is 1. The van der Waals surface area contributed by atoms with Crippen molar-refractivity contribution in [1.82, 2.24) is 0 Å². The molecule has 27 heavy (non-hydrogen) atoms. The second-order valence-corrected chi connectivity index (χ2v) is 7.79. The third-order valence-electron chi connectivity index (χ3n) is 6.48. The van der Waals surface area contributed by atoms with Crippen LogP contribution in [-0.2, 0) is 9.47 Å². The summed E-state index contributed by atoms with van der Waals surface area (Å²) in [6, 6.07) is 6.30. The van der Waals surface area contributed by atoms with Crippen LogP contribution < -0.4 is 0 Å². The van der Waals surface area contributed by atoms with Crippen molar-refractivity contribution in [1.29, 1.82) is 21.2 Å². The second-order valence-electron chi connectivity index (χ2n) is 7.79. The molecule has 0 spiro atoms. The van der Waals surface area contributed by atoms with Gasteiger partial charge in [0.05, 0.1) is 30.2 Å². The number of fused-ring (bicyclic) bond motifs is 2. The minimum atomic E-state index is -1.73. The number of unbranched alkanes of at least 4 members (excludes halogenated alkanes) is 6. The molecule has 6 nitrogen and oxygen atoms in total. The largest absolute Gasteiger partial charge is 0.447 e. The zero-order valence-corrected chi connectivity index (χ0v) is 16.7. The molecule has 146 valence electrons. The minimum absolute atomic E-state index is 0.301. The average molecular weight is 370 g/mol. The van der Waals surface area contributed by atoms with Gasteiger partial charge >= 0.3 is 0 Å². The van der Waals surface area contributed by atoms with Crippen LogP contribution >= 0.6 is 0 Å². The summed E-state index contributed by atoms with van der Waals surface area (Å²) < 4.78 is 11.9. The van der Waals surface area contributed by atoms with Gasteiger partial charge in [-0.2, -0.15) is 15.8 Å². The molecule has 4 unspecified atom stereocenters. The number of nitriles is 3. The van der Waals surface area contributed by atoms with Gasteiger partial charge in [0.1, 0.15) is 0 Å². The smallest absolute Gasteiger partial charge is 0.216 e. The van der Waals surface area contributed by atoms with Crippen molar-refractivity contribution >= 4 is 5.90 Å². The molecular formula is C21H30N4O2. The van der Waals surface area contributed by atoms with Crippen LogP contribution in [0.2, 0.25) is 0 Å². The summed E-state index contributed by atoms with van der Waals surface area (Å²) in [5, 5.41) is 38.2. The highest BCUT2D eigenvalue weighted by molar-refractivity contribution is 5.89. The van der Waals surface area contributed by atoms with Gasteiger partial charge in [-0.1, -0.05) is 65.7 Å². The van der Waals surface area contributed by atoms with Crippen LogP contribution in [0.15, 0.2) is 0 Å². The van der Waals surface area contributed by atoms with E-state index < -0.39 is 28.6 Å². The Balaban J connectivity index is 2.22. The maximum absolute atomic E-state index is 10.00. The quantitative estimate of drug-likeness (QED) is 0.584. The maximum atomic E-state index is 10.00. The van der Waals surface area contributed by atoms with E-state index in [-0.39, 0.29) is 5.90 Å². The Morgan fingerprint density at radius 3 is 2.07 bits per heavy atom. The van der Waals surface area contributed by atoms with Gasteiger partial charge < -0.3 is 9.47 Å². The molecule has 0 radical (unpaired) electrons. The van der Waals surface area contributed by atoms with Gasteiger partial charge in [0, 0.05) is 6.42 Å². The molecule has 2 rings (SSSR count). The van der Waals surface area contributed by atoms with Crippen molar-refractivity contribution in [2.75, 3.05) is 0 Å². The fourth-order valence-corrected chi connectivity index (χ4v) is 4.70. The molecule has 2 heterocycles. The molecule has 2 aliphatic rings. The van der Waals surface area contributed by atoms with E-state index in [1.807, 2.05) is 6.92 Å². The van der Waals surface area contributed by atoms with Crippen LogP contribution in [0, 0.1) is 56.2 Å². The fourth-order valence-electron chi connectivity index (χ4n) is 4.70. The Morgan fingerprint density at radius 2 is 1.56 bits per heavy atom. The number of nitrogens with one attached hydrogen (secondary N) is 1. The van der Waals surface area contributed by atoms with Crippen LogP contribution in [-0.4, -0.2) is 17.8 Å². The molecular weight excluding hydrogens is 340 g/mol. The first-order valence-electron chi connectivity index (χ1n) is 10.1. The predicted octanol–water partition coefficient (Wildman–Crippen LogP) is 4.82. The van der Waals surface area contributed by atoms with Crippen LogP contribution in [0.4, 0.5) is 0 Å². The number of rotatable bonds is 9. The van der Waals surface area contributed by atoms with Crippen LogP contribution in [0.25, 0.3) is 0 Å². The molecule has 0 amide bonds. The molecule has 1 N–H and O–H groups in total. The Kier molecular flexibility index (Phi) is 6.50. The first kappa shape index (κ1) is 21.2. The molecule has 0 aliphatic carbocycles. The molecule has 0 aromatic heterocycles. The summed E-state index contributed by atoms with van der Waals surface area (Å²) in [5.74, 6) is -1.96. The average Bonchev–Trinajstić information content (AvgIpc) is 2.84. The van der Waals surface area contributed by atoms with E-state index in [1.165, 1.54) is 25.7 Å². The Bertz CT molecular complexity index is 672. The zero-order valence-electron chi connectivity index (χ0n) is 16.7. The summed E-state index contributed by atoms with van der Waals surface area (Å²) in [6.45, 7) is 5.82. The van der Waals surface area contributed by atoms with Gasteiger partial charge in [-0.3, -0.25) is 5.41 Å². The number of hydrogen-bond acceptors (Lipinski definition) is 6. The normalized spacial score (nSPS) is 33.6. The van der Waals surface area contributed by atoms with E-state index >= 15 is 0 Å². The topological polar surface area (TPSA) is 114 Å². The standard InChI is InChI=1S/C21H30N4O2/c1-4-6-7-8-9-10-11-12-17-19(13-22,14-23)20(15-24)16(3)21(5-2,26-17)27-18(20)25/h16-17,25H,4-12H2,1-3H3. The second kappa shape index (κ2) is 8.28. The summed E-state index contributed by atoms with van der Waals surface area (Å²) in [7, 11) is 0. The summed E-state index contributed by atoms with van der Waals surface area (Å²) in [4.78, 5) is 0. The molecule has 2 saturated heterocycles. The highest BCUT2D eigenvalue weighted by atomic mass is 16.7. The number of nitrogens with zero attached hydrogens (tertiary/aromatic N) is 3. The van der Waals surface area contributed by atoms with Crippen molar-refractivity contribution in [3.63, 3.8) is 0 Å². The lowest BCUT2D eigenvalue weighted by Crippen LogP contribution is -2.61. The monoisotopic (exact) mass is 370 g/mol. The Morgan fingerprint density at radius 1 is 0.963 bits per heavy atom.